The van der Waals surface area contributed by atoms with Gasteiger partial charge in [-0.2, -0.15) is 9.78 Å². The number of nitrogens with zero attached hydrogens (tertiary/aromatic N) is 2. The minimum absolute atomic E-state index is 0.0483. The fraction of sp³-hybridized carbons (Fsp3) is 0.150. The van der Waals surface area contributed by atoms with Crippen molar-refractivity contribution in [3.63, 3.8) is 0 Å². The molecule has 1 atom stereocenters. The van der Waals surface area contributed by atoms with Crippen LogP contribution in [-0.2, 0) is 11.2 Å². The average Bonchev–Trinajstić information content (AvgIpc) is 3.09. The Bertz CT molecular complexity index is 968. The van der Waals surface area contributed by atoms with Gasteiger partial charge in [0.1, 0.15) is 18.4 Å². The summed E-state index contributed by atoms with van der Waals surface area (Å²) in [6.45, 7) is 0.0483. The number of fused-ring (bicyclic) bond motifs is 1. The van der Waals surface area contributed by atoms with Crippen LogP contribution in [0.2, 0.25) is 0 Å². The molecule has 1 aliphatic heterocycles. The van der Waals surface area contributed by atoms with Crippen LogP contribution < -0.4 is 15.4 Å². The van der Waals surface area contributed by atoms with Gasteiger partial charge in [0.15, 0.2) is 0 Å². The number of carbonyl (C=O) groups is 2. The summed E-state index contributed by atoms with van der Waals surface area (Å²) in [6, 6.07) is 15.8. The molecule has 0 fully saturated rings. The Morgan fingerprint density at radius 1 is 1.15 bits per heavy atom. The summed E-state index contributed by atoms with van der Waals surface area (Å²) in [5.74, 6) is 0.247. The molecule has 2 amide bonds. The predicted octanol–water partition coefficient (Wildman–Crippen LogP) is 2.43. The molecule has 0 saturated heterocycles. The molecule has 0 aliphatic carbocycles. The van der Waals surface area contributed by atoms with Crippen LogP contribution >= 0.6 is 0 Å². The van der Waals surface area contributed by atoms with E-state index in [4.69, 9.17) is 4.74 Å². The van der Waals surface area contributed by atoms with Gasteiger partial charge < -0.3 is 15.4 Å². The summed E-state index contributed by atoms with van der Waals surface area (Å²) in [5.41, 5.74) is 2.63. The first kappa shape index (κ1) is 16.8. The smallest absolute Gasteiger partial charge is 0.342 e. The Balaban J connectivity index is 1.41. The van der Waals surface area contributed by atoms with Crippen LogP contribution in [0.4, 0.5) is 10.5 Å². The number of hydrogen-bond acceptors (Lipinski definition) is 4. The molecule has 0 bridgehead atoms. The van der Waals surface area contributed by atoms with E-state index in [0.717, 1.165) is 11.1 Å². The predicted molar refractivity (Wildman–Crippen MR) is 99.8 cm³/mol. The molecular formula is C20H18N4O3. The molecule has 27 heavy (non-hydrogen) atoms. The number of carbonyl (C=O) groups excluding carboxylic acids is 2. The summed E-state index contributed by atoms with van der Waals surface area (Å²) in [4.78, 5) is 24.8. The summed E-state index contributed by atoms with van der Waals surface area (Å²) < 4.78 is 6.82. The van der Waals surface area contributed by atoms with E-state index in [-0.39, 0.29) is 12.5 Å². The zero-order valence-corrected chi connectivity index (χ0v) is 14.5. The van der Waals surface area contributed by atoms with E-state index in [1.165, 1.54) is 4.68 Å². The minimum atomic E-state index is -0.813. The molecule has 1 aliphatic rings. The van der Waals surface area contributed by atoms with Gasteiger partial charge in [0, 0.05) is 12.6 Å². The van der Waals surface area contributed by atoms with Gasteiger partial charge in [0.2, 0.25) is 0 Å². The Morgan fingerprint density at radius 3 is 2.78 bits per heavy atom. The Morgan fingerprint density at radius 2 is 1.93 bits per heavy atom. The maximum atomic E-state index is 12.5. The fourth-order valence-corrected chi connectivity index (χ4v) is 2.88. The monoisotopic (exact) mass is 362 g/mol. The lowest BCUT2D eigenvalue weighted by Gasteiger charge is -2.14. The van der Waals surface area contributed by atoms with Crippen molar-refractivity contribution in [3.8, 4) is 5.75 Å². The summed E-state index contributed by atoms with van der Waals surface area (Å²) >= 11 is 0. The van der Waals surface area contributed by atoms with E-state index in [1.54, 1.807) is 30.6 Å². The lowest BCUT2D eigenvalue weighted by atomic mass is 10.1. The van der Waals surface area contributed by atoms with Gasteiger partial charge in [-0.25, -0.2) is 4.79 Å². The molecule has 2 heterocycles. The number of amides is 2. The molecule has 0 saturated carbocycles. The topological polar surface area (TPSA) is 85.3 Å². The quantitative estimate of drug-likeness (QED) is 0.749. The molecule has 7 heteroatoms. The third-order valence-electron chi connectivity index (χ3n) is 4.26. The van der Waals surface area contributed by atoms with E-state index in [2.05, 4.69) is 15.7 Å². The molecule has 4 rings (SSSR count). The van der Waals surface area contributed by atoms with Crippen LogP contribution in [0.5, 0.6) is 5.75 Å². The van der Waals surface area contributed by atoms with E-state index < -0.39 is 12.1 Å². The van der Waals surface area contributed by atoms with Gasteiger partial charge in [0.25, 0.3) is 5.91 Å². The van der Waals surface area contributed by atoms with Gasteiger partial charge in [-0.1, -0.05) is 42.5 Å². The van der Waals surface area contributed by atoms with Gasteiger partial charge in [-0.15, -0.1) is 0 Å². The standard InChI is InChI=1S/C20H18N4O3/c25-19-17(13-27-18-9-5-4-8-16(18)22-19)23-20(26)24-12-15(11-21-24)10-14-6-2-1-3-7-14/h1-9,11-12,17H,10,13H2,(H,22,25)(H,23,26)/t17-/m0/s1. The average molecular weight is 362 g/mol. The van der Waals surface area contributed by atoms with Crippen molar-refractivity contribution in [1.29, 1.82) is 0 Å². The van der Waals surface area contributed by atoms with E-state index in [9.17, 15) is 9.59 Å². The molecule has 7 nitrogen and oxygen atoms in total. The number of rotatable bonds is 3. The van der Waals surface area contributed by atoms with E-state index >= 15 is 0 Å². The van der Waals surface area contributed by atoms with Crippen molar-refractivity contribution in [2.45, 2.75) is 12.5 Å². The third kappa shape index (κ3) is 3.82. The van der Waals surface area contributed by atoms with Crippen LogP contribution in [0.25, 0.3) is 0 Å². The largest absolute Gasteiger partial charge is 0.489 e. The SMILES string of the molecule is O=C1Nc2ccccc2OC[C@@H]1NC(=O)n1cc(Cc2ccccc2)cn1. The van der Waals surface area contributed by atoms with Crippen LogP contribution in [0.15, 0.2) is 67.0 Å². The van der Waals surface area contributed by atoms with Crippen LogP contribution in [-0.4, -0.2) is 34.4 Å². The highest BCUT2D eigenvalue weighted by Gasteiger charge is 2.26. The molecule has 0 spiro atoms. The van der Waals surface area contributed by atoms with Gasteiger partial charge in [-0.05, 0) is 23.3 Å². The van der Waals surface area contributed by atoms with Crippen LogP contribution in [0.3, 0.4) is 0 Å². The number of aromatic nitrogens is 2. The first-order valence-electron chi connectivity index (χ1n) is 8.60. The minimum Gasteiger partial charge on any atom is -0.489 e. The van der Waals surface area contributed by atoms with E-state index in [1.807, 2.05) is 36.4 Å². The van der Waals surface area contributed by atoms with E-state index in [0.29, 0.717) is 17.9 Å². The van der Waals surface area contributed by atoms with Gasteiger partial charge in [0.05, 0.1) is 11.9 Å². The fourth-order valence-electron chi connectivity index (χ4n) is 2.88. The van der Waals surface area contributed by atoms with Gasteiger partial charge in [-0.3, -0.25) is 4.79 Å². The van der Waals surface area contributed by atoms with Crippen LogP contribution in [0.1, 0.15) is 11.1 Å². The molecule has 3 aromatic rings. The summed E-state index contributed by atoms with van der Waals surface area (Å²) in [5, 5.41) is 9.52. The molecule has 1 aromatic heterocycles. The Labute approximate surface area is 156 Å². The second-order valence-corrected chi connectivity index (χ2v) is 6.25. The van der Waals surface area contributed by atoms with Crippen LogP contribution in [0, 0.1) is 0 Å². The van der Waals surface area contributed by atoms with Crippen molar-refractivity contribution in [1.82, 2.24) is 15.1 Å². The summed E-state index contributed by atoms with van der Waals surface area (Å²) in [6.07, 6.45) is 3.98. The molecule has 2 aromatic carbocycles. The lowest BCUT2D eigenvalue weighted by Crippen LogP contribution is -2.47. The van der Waals surface area contributed by atoms with Crippen molar-refractivity contribution < 1.29 is 14.3 Å². The number of ether oxygens (including phenoxy) is 1. The number of anilines is 1. The molecule has 0 radical (unpaired) electrons. The number of benzene rings is 2. The van der Waals surface area contributed by atoms with Crippen molar-refractivity contribution in [2.24, 2.45) is 0 Å². The number of para-hydroxylation sites is 2. The first-order valence-corrected chi connectivity index (χ1v) is 8.60. The van der Waals surface area contributed by atoms with Crippen molar-refractivity contribution in [3.05, 3.63) is 78.1 Å². The Hall–Kier alpha value is -3.61. The highest BCUT2D eigenvalue weighted by Crippen LogP contribution is 2.26. The molecule has 136 valence electrons. The first-order chi connectivity index (χ1) is 13.2. The maximum absolute atomic E-state index is 12.5. The summed E-state index contributed by atoms with van der Waals surface area (Å²) in [7, 11) is 0. The zero-order chi connectivity index (χ0) is 18.6. The third-order valence-corrected chi connectivity index (χ3v) is 4.26. The van der Waals surface area contributed by atoms with Crippen molar-refractivity contribution >= 4 is 17.6 Å². The maximum Gasteiger partial charge on any atom is 0.342 e. The second kappa shape index (κ2) is 7.33. The molecule has 2 N–H and O–H groups in total. The zero-order valence-electron chi connectivity index (χ0n) is 14.5. The Kier molecular flexibility index (Phi) is 4.57. The normalized spacial score (nSPS) is 15.9. The molecular weight excluding hydrogens is 344 g/mol. The lowest BCUT2D eigenvalue weighted by molar-refractivity contribution is -0.118. The number of nitrogens with one attached hydrogen (secondary N) is 2. The second-order valence-electron chi connectivity index (χ2n) is 6.25. The van der Waals surface area contributed by atoms with Gasteiger partial charge >= 0.3 is 6.03 Å². The number of hydrogen-bond donors (Lipinski definition) is 2. The highest BCUT2D eigenvalue weighted by molar-refractivity contribution is 5.98. The molecule has 0 unspecified atom stereocenters. The highest BCUT2D eigenvalue weighted by atomic mass is 16.5. The van der Waals surface area contributed by atoms with Crippen molar-refractivity contribution in [2.75, 3.05) is 11.9 Å².